The Hall–Kier alpha value is -1.89. The largest absolute Gasteiger partial charge is 0.365 e. The molecule has 1 aliphatic carbocycles. The average Bonchev–Trinajstić information content (AvgIpc) is 3.18. The van der Waals surface area contributed by atoms with Gasteiger partial charge >= 0.3 is 0 Å². The Morgan fingerprint density at radius 3 is 2.82 bits per heavy atom. The Bertz CT molecular complexity index is 1100. The maximum Gasteiger partial charge on any atom is 0.267 e. The topological polar surface area (TPSA) is 72.2 Å². The Balaban J connectivity index is 1.69. The summed E-state index contributed by atoms with van der Waals surface area (Å²) in [6, 6.07) is 5.93. The van der Waals surface area contributed by atoms with E-state index in [-0.39, 0.29) is 5.91 Å². The van der Waals surface area contributed by atoms with Gasteiger partial charge in [-0.05, 0) is 49.3 Å². The van der Waals surface area contributed by atoms with Crippen molar-refractivity contribution in [3.05, 3.63) is 49.7 Å². The van der Waals surface area contributed by atoms with Crippen LogP contribution in [0, 0.1) is 12.8 Å². The zero-order chi connectivity index (χ0) is 20.0. The van der Waals surface area contributed by atoms with Crippen molar-refractivity contribution in [1.29, 1.82) is 0 Å². The molecule has 0 saturated heterocycles. The second-order valence-corrected chi connectivity index (χ2v) is 9.82. The minimum Gasteiger partial charge on any atom is -0.365 e. The van der Waals surface area contributed by atoms with Gasteiger partial charge in [0.05, 0.1) is 10.6 Å². The lowest BCUT2D eigenvalue weighted by atomic mass is 9.85. The van der Waals surface area contributed by atoms with Crippen LogP contribution < -0.4 is 11.1 Å². The highest BCUT2D eigenvalue weighted by molar-refractivity contribution is 7.22. The van der Waals surface area contributed by atoms with Gasteiger partial charge in [-0.3, -0.25) is 9.59 Å². The second-order valence-electron chi connectivity index (χ2n) is 7.29. The lowest BCUT2D eigenvalue weighted by Crippen LogP contribution is -2.19. The zero-order valence-corrected chi connectivity index (χ0v) is 18.1. The monoisotopic (exact) mass is 432 g/mol. The molecule has 28 heavy (non-hydrogen) atoms. The maximum absolute atomic E-state index is 13.0. The summed E-state index contributed by atoms with van der Waals surface area (Å²) in [5.74, 6) is -0.159. The van der Waals surface area contributed by atoms with E-state index in [4.69, 9.17) is 17.3 Å². The zero-order valence-electron chi connectivity index (χ0n) is 15.7. The van der Waals surface area contributed by atoms with Gasteiger partial charge in [0, 0.05) is 15.0 Å². The molecule has 2 aromatic heterocycles. The number of primary amides is 1. The molecule has 1 aromatic carbocycles. The molecule has 0 saturated carbocycles. The molecule has 0 radical (unpaired) electrons. The second kappa shape index (κ2) is 7.50. The number of anilines is 1. The van der Waals surface area contributed by atoms with Gasteiger partial charge in [0.2, 0.25) is 0 Å². The number of halogens is 1. The van der Waals surface area contributed by atoms with Crippen LogP contribution in [0.15, 0.2) is 18.2 Å². The summed E-state index contributed by atoms with van der Waals surface area (Å²) in [7, 11) is 0. The van der Waals surface area contributed by atoms with Crippen LogP contribution in [0.5, 0.6) is 0 Å². The van der Waals surface area contributed by atoms with Crippen molar-refractivity contribution in [3.8, 4) is 0 Å². The summed E-state index contributed by atoms with van der Waals surface area (Å²) in [5.41, 5.74) is 8.26. The van der Waals surface area contributed by atoms with Crippen molar-refractivity contribution in [2.24, 2.45) is 11.7 Å². The van der Waals surface area contributed by atoms with Gasteiger partial charge in [-0.15, -0.1) is 22.7 Å². The van der Waals surface area contributed by atoms with Crippen molar-refractivity contribution < 1.29 is 9.59 Å². The molecule has 4 rings (SSSR count). The number of benzene rings is 1. The van der Waals surface area contributed by atoms with E-state index < -0.39 is 5.91 Å². The first-order valence-corrected chi connectivity index (χ1v) is 11.3. The first-order valence-electron chi connectivity index (χ1n) is 9.33. The van der Waals surface area contributed by atoms with Crippen molar-refractivity contribution in [2.75, 3.05) is 5.32 Å². The van der Waals surface area contributed by atoms with Crippen molar-refractivity contribution in [1.82, 2.24) is 0 Å². The lowest BCUT2D eigenvalue weighted by Gasteiger charge is -2.20. The molecule has 1 atom stereocenters. The SMILES string of the molecule is CCC1CCc2c(sc(NC(=O)c3sc4cc(C)ccc4c3Cl)c2C(N)=O)C1. The number of nitrogens with one attached hydrogen (secondary N) is 1. The van der Waals surface area contributed by atoms with E-state index in [2.05, 4.69) is 12.2 Å². The Morgan fingerprint density at radius 1 is 1.32 bits per heavy atom. The number of nitrogens with two attached hydrogens (primary N) is 1. The fourth-order valence-electron chi connectivity index (χ4n) is 3.83. The number of fused-ring (bicyclic) bond motifs is 2. The average molecular weight is 433 g/mol. The maximum atomic E-state index is 13.0. The number of rotatable bonds is 4. The standard InChI is InChI=1S/C21H21ClN2O2S2/c1-3-11-5-7-12-15(9-11)28-21(16(12)19(23)25)24-20(26)18-17(22)13-6-4-10(2)8-14(13)27-18/h4,6,8,11H,3,5,7,9H2,1-2H3,(H2,23,25)(H,24,26). The van der Waals surface area contributed by atoms with Crippen LogP contribution in [0.2, 0.25) is 5.02 Å². The minimum atomic E-state index is -0.485. The van der Waals surface area contributed by atoms with E-state index in [0.29, 0.717) is 26.4 Å². The molecular weight excluding hydrogens is 412 g/mol. The molecule has 2 amide bonds. The fraction of sp³-hybridized carbons (Fsp3) is 0.333. The highest BCUT2D eigenvalue weighted by Gasteiger charge is 2.29. The van der Waals surface area contributed by atoms with Crippen LogP contribution in [-0.2, 0) is 12.8 Å². The van der Waals surface area contributed by atoms with Gasteiger partial charge in [-0.25, -0.2) is 0 Å². The predicted molar refractivity (Wildman–Crippen MR) is 118 cm³/mol. The van der Waals surface area contributed by atoms with E-state index in [1.165, 1.54) is 27.6 Å². The summed E-state index contributed by atoms with van der Waals surface area (Å²) in [4.78, 5) is 26.7. The minimum absolute atomic E-state index is 0.294. The first-order chi connectivity index (χ1) is 13.4. The molecule has 1 unspecified atom stereocenters. The first kappa shape index (κ1) is 19.4. The summed E-state index contributed by atoms with van der Waals surface area (Å²) in [5, 5.41) is 4.78. The number of carbonyl (C=O) groups excluding carboxylic acids is 2. The molecule has 3 aromatic rings. The van der Waals surface area contributed by atoms with Gasteiger partial charge in [0.15, 0.2) is 0 Å². The molecule has 0 aliphatic heterocycles. The van der Waals surface area contributed by atoms with E-state index in [1.807, 2.05) is 25.1 Å². The smallest absolute Gasteiger partial charge is 0.267 e. The summed E-state index contributed by atoms with van der Waals surface area (Å²) in [6.07, 6.45) is 3.94. The third-order valence-electron chi connectivity index (χ3n) is 5.41. The normalized spacial score (nSPS) is 16.2. The molecule has 3 N–H and O–H groups in total. The highest BCUT2D eigenvalue weighted by Crippen LogP contribution is 2.41. The lowest BCUT2D eigenvalue weighted by molar-refractivity contribution is 0.1000. The van der Waals surface area contributed by atoms with Crippen LogP contribution in [-0.4, -0.2) is 11.8 Å². The van der Waals surface area contributed by atoms with E-state index >= 15 is 0 Å². The third-order valence-corrected chi connectivity index (χ3v) is 8.24. The van der Waals surface area contributed by atoms with Crippen LogP contribution in [0.4, 0.5) is 5.00 Å². The molecular formula is C21H21ClN2O2S2. The van der Waals surface area contributed by atoms with E-state index in [9.17, 15) is 9.59 Å². The Kier molecular flexibility index (Phi) is 5.21. The van der Waals surface area contributed by atoms with Gasteiger partial charge < -0.3 is 11.1 Å². The summed E-state index contributed by atoms with van der Waals surface area (Å²) < 4.78 is 0.974. The van der Waals surface area contributed by atoms with E-state index in [1.54, 1.807) is 0 Å². The quantitative estimate of drug-likeness (QED) is 0.547. The molecule has 2 heterocycles. The number of hydrogen-bond acceptors (Lipinski definition) is 4. The molecule has 0 bridgehead atoms. The highest BCUT2D eigenvalue weighted by atomic mass is 35.5. The van der Waals surface area contributed by atoms with Gasteiger partial charge in [0.25, 0.3) is 11.8 Å². The Labute approximate surface area is 176 Å². The van der Waals surface area contributed by atoms with Crippen LogP contribution in [0.3, 0.4) is 0 Å². The van der Waals surface area contributed by atoms with Gasteiger partial charge in [-0.1, -0.05) is 37.1 Å². The molecule has 146 valence electrons. The van der Waals surface area contributed by atoms with Crippen LogP contribution >= 0.6 is 34.3 Å². The van der Waals surface area contributed by atoms with Gasteiger partial charge in [0.1, 0.15) is 9.88 Å². The molecule has 7 heteroatoms. The number of aryl methyl sites for hydroxylation is 1. The number of carbonyl (C=O) groups is 2. The molecule has 0 fully saturated rings. The van der Waals surface area contributed by atoms with Crippen LogP contribution in [0.25, 0.3) is 10.1 Å². The molecule has 4 nitrogen and oxygen atoms in total. The number of hydrogen-bond donors (Lipinski definition) is 2. The summed E-state index contributed by atoms with van der Waals surface area (Å²) in [6.45, 7) is 4.19. The molecule has 1 aliphatic rings. The Morgan fingerprint density at radius 2 is 2.11 bits per heavy atom. The van der Waals surface area contributed by atoms with Gasteiger partial charge in [-0.2, -0.15) is 0 Å². The van der Waals surface area contributed by atoms with Crippen molar-refractivity contribution in [3.63, 3.8) is 0 Å². The molecule has 0 spiro atoms. The summed E-state index contributed by atoms with van der Waals surface area (Å²) >= 11 is 9.31. The van der Waals surface area contributed by atoms with E-state index in [0.717, 1.165) is 46.9 Å². The van der Waals surface area contributed by atoms with Crippen molar-refractivity contribution >= 4 is 61.2 Å². The van der Waals surface area contributed by atoms with Crippen LogP contribution in [0.1, 0.15) is 55.8 Å². The fourth-order valence-corrected chi connectivity index (χ4v) is 6.70. The number of thiophene rings is 2. The third kappa shape index (κ3) is 3.34. The predicted octanol–water partition coefficient (Wildman–Crippen LogP) is 5.79. The number of amides is 2. The van der Waals surface area contributed by atoms with Crippen molar-refractivity contribution in [2.45, 2.75) is 39.5 Å².